The predicted octanol–water partition coefficient (Wildman–Crippen LogP) is 2.44. The molecule has 1 aromatic heterocycles. The lowest BCUT2D eigenvalue weighted by Crippen LogP contribution is -2.38. The molecule has 0 radical (unpaired) electrons. The molecule has 8 heteroatoms. The zero-order chi connectivity index (χ0) is 13.2. The second kappa shape index (κ2) is 5.58. The number of alkyl halides is 3. The Morgan fingerprint density at radius 3 is 2.89 bits per heavy atom. The number of nitrogens with one attached hydrogen (secondary N) is 1. The van der Waals surface area contributed by atoms with Crippen LogP contribution in [0.4, 0.5) is 13.2 Å². The molecule has 1 fully saturated rings. The number of thiazole rings is 1. The number of rotatable bonds is 3. The van der Waals surface area contributed by atoms with Crippen molar-refractivity contribution in [3.8, 4) is 0 Å². The third-order valence-electron chi connectivity index (χ3n) is 2.45. The van der Waals surface area contributed by atoms with Gasteiger partial charge in [-0.1, -0.05) is 0 Å². The molecule has 3 nitrogen and oxygen atoms in total. The van der Waals surface area contributed by atoms with E-state index in [1.54, 1.807) is 11.8 Å². The lowest BCUT2D eigenvalue weighted by Gasteiger charge is -2.21. The van der Waals surface area contributed by atoms with Crippen molar-refractivity contribution in [2.24, 2.45) is 0 Å². The summed E-state index contributed by atoms with van der Waals surface area (Å²) in [5.41, 5.74) is 0. The number of aromatic nitrogens is 1. The molecule has 0 aromatic carbocycles. The molecule has 1 aliphatic rings. The van der Waals surface area contributed by atoms with E-state index >= 15 is 0 Å². The van der Waals surface area contributed by atoms with Crippen molar-refractivity contribution in [3.63, 3.8) is 0 Å². The van der Waals surface area contributed by atoms with E-state index in [4.69, 9.17) is 0 Å². The lowest BCUT2D eigenvalue weighted by atomic mass is 10.1. The molecule has 2 rings (SSSR count). The predicted molar refractivity (Wildman–Crippen MR) is 65.2 cm³/mol. The van der Waals surface area contributed by atoms with E-state index in [2.05, 4.69) is 10.3 Å². The smallest absolute Gasteiger partial charge is 0.312 e. The third kappa shape index (κ3) is 3.46. The van der Waals surface area contributed by atoms with E-state index in [9.17, 15) is 18.0 Å². The van der Waals surface area contributed by atoms with Crippen LogP contribution >= 0.6 is 23.1 Å². The first kappa shape index (κ1) is 13.8. The van der Waals surface area contributed by atoms with E-state index in [1.165, 1.54) is 0 Å². The van der Waals surface area contributed by atoms with E-state index < -0.39 is 11.2 Å². The van der Waals surface area contributed by atoms with Crippen molar-refractivity contribution in [2.75, 3.05) is 18.1 Å². The maximum absolute atomic E-state index is 12.3. The number of carbonyl (C=O) groups is 1. The summed E-state index contributed by atoms with van der Waals surface area (Å²) in [7, 11) is 0. The van der Waals surface area contributed by atoms with Crippen molar-refractivity contribution < 1.29 is 18.0 Å². The summed E-state index contributed by atoms with van der Waals surface area (Å²) in [5, 5.41) is 2.22. The van der Waals surface area contributed by atoms with Gasteiger partial charge in [0.15, 0.2) is 10.8 Å². The summed E-state index contributed by atoms with van der Waals surface area (Å²) in [5.74, 6) is 1.54. The van der Waals surface area contributed by atoms with E-state index in [-0.39, 0.29) is 23.1 Å². The molecular formula is C10H11F3N2OS2. The molecular weight excluding hydrogens is 285 g/mol. The minimum absolute atomic E-state index is 0.0488. The summed E-state index contributed by atoms with van der Waals surface area (Å²) in [6, 6.07) is 0.0488. The summed E-state index contributed by atoms with van der Waals surface area (Å²) < 4.78 is 37.0. The monoisotopic (exact) mass is 296 g/mol. The Labute approximate surface area is 110 Å². The van der Waals surface area contributed by atoms with E-state index in [0.29, 0.717) is 11.3 Å². The van der Waals surface area contributed by atoms with Crippen LogP contribution in [0.5, 0.6) is 0 Å². The Hall–Kier alpha value is -0.600. The van der Waals surface area contributed by atoms with Gasteiger partial charge in [0.25, 0.3) is 0 Å². The number of thioether (sulfide) groups is 1. The van der Waals surface area contributed by atoms with Gasteiger partial charge in [-0.3, -0.25) is 4.79 Å². The Kier molecular flexibility index (Phi) is 4.29. The fourth-order valence-corrected chi connectivity index (χ4v) is 3.29. The molecule has 1 N–H and O–H groups in total. The number of hydrogen-bond donors (Lipinski definition) is 1. The zero-order valence-electron chi connectivity index (χ0n) is 9.29. The average molecular weight is 296 g/mol. The highest BCUT2D eigenvalue weighted by atomic mass is 32.2. The molecule has 1 saturated heterocycles. The van der Waals surface area contributed by atoms with Crippen LogP contribution in [0.2, 0.25) is 0 Å². The fraction of sp³-hybridized carbons (Fsp3) is 0.600. The molecule has 0 bridgehead atoms. The van der Waals surface area contributed by atoms with Gasteiger partial charge in [-0.15, -0.1) is 11.3 Å². The van der Waals surface area contributed by atoms with Crippen LogP contribution < -0.4 is 5.32 Å². The number of ketones is 1. The summed E-state index contributed by atoms with van der Waals surface area (Å²) >= 11 is 2.16. The zero-order valence-corrected chi connectivity index (χ0v) is 10.9. The maximum atomic E-state index is 12.3. The minimum atomic E-state index is -4.47. The molecule has 0 amide bonds. The maximum Gasteiger partial charge on any atom is 0.443 e. The normalized spacial score (nSPS) is 20.9. The van der Waals surface area contributed by atoms with Crippen LogP contribution in [0.25, 0.3) is 0 Å². The number of halogens is 3. The molecule has 1 aliphatic heterocycles. The van der Waals surface area contributed by atoms with Gasteiger partial charge < -0.3 is 5.32 Å². The number of hydrogen-bond acceptors (Lipinski definition) is 5. The molecule has 1 atom stereocenters. The standard InChI is InChI=1S/C10H11F3N2OS2/c11-10(12,13)9-15-4-8(18-9)7(16)3-6-5-17-2-1-14-6/h4,6,14H,1-3,5H2. The SMILES string of the molecule is O=C(CC1CSCCN1)c1cnc(C(F)(F)F)s1. The van der Waals surface area contributed by atoms with Crippen molar-refractivity contribution >= 4 is 28.9 Å². The van der Waals surface area contributed by atoms with Gasteiger partial charge in [0.2, 0.25) is 0 Å². The van der Waals surface area contributed by atoms with Crippen LogP contribution in [-0.4, -0.2) is 34.9 Å². The van der Waals surface area contributed by atoms with Crippen LogP contribution in [-0.2, 0) is 6.18 Å². The molecule has 0 saturated carbocycles. The second-order valence-corrected chi connectivity index (χ2v) is 6.06. The topological polar surface area (TPSA) is 42.0 Å². The first-order valence-electron chi connectivity index (χ1n) is 5.34. The highest BCUT2D eigenvalue weighted by molar-refractivity contribution is 7.99. The molecule has 2 heterocycles. The Balaban J connectivity index is 1.98. The van der Waals surface area contributed by atoms with Crippen molar-refractivity contribution in [1.29, 1.82) is 0 Å². The lowest BCUT2D eigenvalue weighted by molar-refractivity contribution is -0.137. The van der Waals surface area contributed by atoms with Gasteiger partial charge >= 0.3 is 6.18 Å². The first-order chi connectivity index (χ1) is 8.47. The van der Waals surface area contributed by atoms with Crippen LogP contribution in [0.15, 0.2) is 6.20 Å². The first-order valence-corrected chi connectivity index (χ1v) is 7.31. The van der Waals surface area contributed by atoms with Crippen LogP contribution in [0, 0.1) is 0 Å². The summed E-state index contributed by atoms with van der Waals surface area (Å²) in [6.45, 7) is 0.832. The Morgan fingerprint density at radius 1 is 1.56 bits per heavy atom. The highest BCUT2D eigenvalue weighted by Gasteiger charge is 2.35. The molecule has 18 heavy (non-hydrogen) atoms. The molecule has 0 spiro atoms. The fourth-order valence-electron chi connectivity index (χ4n) is 1.61. The number of Topliss-reactive ketones (excluding diaryl/α,β-unsaturated/α-hetero) is 1. The number of carbonyl (C=O) groups excluding carboxylic acids is 1. The van der Waals surface area contributed by atoms with Crippen LogP contribution in [0.3, 0.4) is 0 Å². The van der Waals surface area contributed by atoms with Crippen molar-refractivity contribution in [2.45, 2.75) is 18.6 Å². The second-order valence-electron chi connectivity index (χ2n) is 3.88. The van der Waals surface area contributed by atoms with E-state index in [0.717, 1.165) is 24.2 Å². The Bertz CT molecular complexity index is 427. The average Bonchev–Trinajstić information content (AvgIpc) is 2.79. The molecule has 0 aliphatic carbocycles. The highest BCUT2D eigenvalue weighted by Crippen LogP contribution is 2.32. The molecule has 1 unspecified atom stereocenters. The van der Waals surface area contributed by atoms with Gasteiger partial charge in [0, 0.05) is 36.7 Å². The summed E-state index contributed by atoms with van der Waals surface area (Å²) in [6.07, 6.45) is -3.22. The Morgan fingerprint density at radius 2 is 2.33 bits per heavy atom. The summed E-state index contributed by atoms with van der Waals surface area (Å²) in [4.78, 5) is 15.1. The van der Waals surface area contributed by atoms with E-state index in [1.807, 2.05) is 0 Å². The van der Waals surface area contributed by atoms with Gasteiger partial charge in [0.05, 0.1) is 4.88 Å². The van der Waals surface area contributed by atoms with Gasteiger partial charge in [0.1, 0.15) is 0 Å². The van der Waals surface area contributed by atoms with Crippen molar-refractivity contribution in [1.82, 2.24) is 10.3 Å². The third-order valence-corrected chi connectivity index (χ3v) is 4.67. The van der Waals surface area contributed by atoms with Crippen molar-refractivity contribution in [3.05, 3.63) is 16.1 Å². The van der Waals surface area contributed by atoms with Gasteiger partial charge in [-0.05, 0) is 0 Å². The van der Waals surface area contributed by atoms with Gasteiger partial charge in [-0.25, -0.2) is 4.98 Å². The quantitative estimate of drug-likeness (QED) is 0.870. The van der Waals surface area contributed by atoms with Gasteiger partial charge in [-0.2, -0.15) is 24.9 Å². The molecule has 1 aromatic rings. The van der Waals surface area contributed by atoms with Crippen LogP contribution in [0.1, 0.15) is 21.1 Å². The number of nitrogens with zero attached hydrogens (tertiary/aromatic N) is 1. The largest absolute Gasteiger partial charge is 0.443 e. The molecule has 100 valence electrons. The minimum Gasteiger partial charge on any atom is -0.312 e.